The molecule has 1 aliphatic rings. The maximum absolute atomic E-state index is 5.21. The molecule has 1 unspecified atom stereocenters. The fourth-order valence-electron chi connectivity index (χ4n) is 2.44. The number of aromatic nitrogens is 2. The lowest BCUT2D eigenvalue weighted by atomic mass is 9.93. The van der Waals surface area contributed by atoms with Crippen molar-refractivity contribution < 1.29 is 4.74 Å². The largest absolute Gasteiger partial charge is 0.383 e. The van der Waals surface area contributed by atoms with E-state index in [1.165, 1.54) is 29.8 Å². The summed E-state index contributed by atoms with van der Waals surface area (Å²) in [5.41, 5.74) is 3.84. The van der Waals surface area contributed by atoms with Crippen molar-refractivity contribution in [3.63, 3.8) is 0 Å². The zero-order valence-electron chi connectivity index (χ0n) is 10.7. The Morgan fingerprint density at radius 3 is 2.94 bits per heavy atom. The van der Waals surface area contributed by atoms with Crippen molar-refractivity contribution >= 4 is 0 Å². The molecule has 0 aromatic carbocycles. The zero-order valence-corrected chi connectivity index (χ0v) is 10.7. The third-order valence-corrected chi connectivity index (χ3v) is 3.43. The van der Waals surface area contributed by atoms with Crippen LogP contribution in [0.25, 0.3) is 0 Å². The Kier molecular flexibility index (Phi) is 4.45. The molecule has 94 valence electrons. The molecule has 0 spiro atoms. The summed E-state index contributed by atoms with van der Waals surface area (Å²) in [6.45, 7) is 0.718. The molecular weight excluding hydrogens is 214 g/mol. The van der Waals surface area contributed by atoms with Gasteiger partial charge in [0.05, 0.1) is 6.61 Å². The summed E-state index contributed by atoms with van der Waals surface area (Å²) < 4.78 is 5.21. The third-order valence-electron chi connectivity index (χ3n) is 3.43. The third kappa shape index (κ3) is 3.01. The van der Waals surface area contributed by atoms with Gasteiger partial charge in [-0.2, -0.15) is 0 Å². The molecule has 1 aromatic heterocycles. The van der Waals surface area contributed by atoms with E-state index >= 15 is 0 Å². The van der Waals surface area contributed by atoms with Gasteiger partial charge in [0, 0.05) is 31.0 Å². The van der Waals surface area contributed by atoms with Crippen LogP contribution in [0.3, 0.4) is 0 Å². The number of likely N-dealkylation sites (N-methyl/N-ethyl adjacent to an activating group) is 1. The maximum atomic E-state index is 5.21. The highest BCUT2D eigenvalue weighted by Crippen LogP contribution is 2.21. The lowest BCUT2D eigenvalue weighted by molar-refractivity contribution is 0.169. The molecule has 0 amide bonds. The molecule has 0 saturated carbocycles. The molecule has 17 heavy (non-hydrogen) atoms. The average molecular weight is 235 g/mol. The summed E-state index contributed by atoms with van der Waals surface area (Å²) in [7, 11) is 3.71. The molecule has 1 atom stereocenters. The second-order valence-electron chi connectivity index (χ2n) is 4.60. The van der Waals surface area contributed by atoms with Crippen LogP contribution in [-0.2, 0) is 24.0 Å². The number of methoxy groups -OCH3 is 1. The first-order valence-electron chi connectivity index (χ1n) is 6.33. The van der Waals surface area contributed by atoms with Crippen LogP contribution in [0.15, 0.2) is 6.33 Å². The molecule has 0 bridgehead atoms. The van der Waals surface area contributed by atoms with E-state index in [0.29, 0.717) is 6.04 Å². The molecule has 0 fully saturated rings. The normalized spacial score (nSPS) is 16.6. The van der Waals surface area contributed by atoms with Crippen LogP contribution in [0.4, 0.5) is 0 Å². The molecule has 1 N–H and O–H groups in total. The summed E-state index contributed by atoms with van der Waals surface area (Å²) in [6.07, 6.45) is 7.40. The molecule has 4 heteroatoms. The lowest BCUT2D eigenvalue weighted by Crippen LogP contribution is -2.33. The van der Waals surface area contributed by atoms with Gasteiger partial charge < -0.3 is 10.1 Å². The first kappa shape index (κ1) is 12.5. The van der Waals surface area contributed by atoms with E-state index in [9.17, 15) is 0 Å². The van der Waals surface area contributed by atoms with Crippen molar-refractivity contribution in [2.75, 3.05) is 20.8 Å². The van der Waals surface area contributed by atoms with Crippen molar-refractivity contribution in [1.29, 1.82) is 0 Å². The number of hydrogen-bond donors (Lipinski definition) is 1. The van der Waals surface area contributed by atoms with Gasteiger partial charge in [0.25, 0.3) is 0 Å². The molecule has 0 saturated heterocycles. The number of nitrogens with zero attached hydrogens (tertiary/aromatic N) is 2. The Labute approximate surface area is 103 Å². The first-order valence-corrected chi connectivity index (χ1v) is 6.33. The summed E-state index contributed by atoms with van der Waals surface area (Å²) >= 11 is 0. The monoisotopic (exact) mass is 235 g/mol. The highest BCUT2D eigenvalue weighted by atomic mass is 16.5. The smallest absolute Gasteiger partial charge is 0.115 e. The van der Waals surface area contributed by atoms with Crippen LogP contribution in [0, 0.1) is 0 Å². The molecule has 1 aromatic rings. The van der Waals surface area contributed by atoms with E-state index in [4.69, 9.17) is 4.74 Å². The van der Waals surface area contributed by atoms with Gasteiger partial charge in [0.2, 0.25) is 0 Å². The fraction of sp³-hybridized carbons (Fsp3) is 0.692. The summed E-state index contributed by atoms with van der Waals surface area (Å²) in [6, 6.07) is 0.334. The lowest BCUT2D eigenvalue weighted by Gasteiger charge is -2.20. The molecule has 0 aliphatic heterocycles. The predicted molar refractivity (Wildman–Crippen MR) is 67.1 cm³/mol. The van der Waals surface area contributed by atoms with Crippen molar-refractivity contribution in [2.45, 2.75) is 38.1 Å². The number of ether oxygens (including phenoxy) is 1. The molecule has 1 heterocycles. The van der Waals surface area contributed by atoms with E-state index < -0.39 is 0 Å². The van der Waals surface area contributed by atoms with Crippen LogP contribution < -0.4 is 5.32 Å². The molecule has 1 aliphatic carbocycles. The number of rotatable bonds is 5. The van der Waals surface area contributed by atoms with E-state index in [1.54, 1.807) is 13.4 Å². The second-order valence-corrected chi connectivity index (χ2v) is 4.60. The molecule has 4 nitrogen and oxygen atoms in total. The maximum Gasteiger partial charge on any atom is 0.115 e. The standard InChI is InChI=1S/C13H21N3O/c1-14-10(8-17-2)7-13-11-5-3-4-6-12(11)15-9-16-13/h9-10,14H,3-8H2,1-2H3. The quantitative estimate of drug-likeness (QED) is 0.831. The Morgan fingerprint density at radius 1 is 1.35 bits per heavy atom. The molecule has 0 radical (unpaired) electrons. The summed E-state index contributed by atoms with van der Waals surface area (Å²) in [5.74, 6) is 0. The summed E-state index contributed by atoms with van der Waals surface area (Å²) in [4.78, 5) is 8.85. The van der Waals surface area contributed by atoms with Gasteiger partial charge in [-0.1, -0.05) is 0 Å². The van der Waals surface area contributed by atoms with Crippen LogP contribution in [0.5, 0.6) is 0 Å². The van der Waals surface area contributed by atoms with Crippen molar-refractivity contribution in [3.05, 3.63) is 23.3 Å². The Bertz CT molecular complexity index is 368. The van der Waals surface area contributed by atoms with E-state index in [-0.39, 0.29) is 0 Å². The van der Waals surface area contributed by atoms with Gasteiger partial charge >= 0.3 is 0 Å². The summed E-state index contributed by atoms with van der Waals surface area (Å²) in [5, 5.41) is 3.27. The number of hydrogen-bond acceptors (Lipinski definition) is 4. The van der Waals surface area contributed by atoms with Crippen LogP contribution in [-0.4, -0.2) is 36.8 Å². The molecular formula is C13H21N3O. The van der Waals surface area contributed by atoms with Crippen LogP contribution in [0.2, 0.25) is 0 Å². The SMILES string of the molecule is CNC(COC)Cc1ncnc2c1CCCC2. The van der Waals surface area contributed by atoms with Crippen LogP contribution >= 0.6 is 0 Å². The zero-order chi connectivity index (χ0) is 12.1. The van der Waals surface area contributed by atoms with E-state index in [2.05, 4.69) is 15.3 Å². The van der Waals surface area contributed by atoms with Gasteiger partial charge in [0.15, 0.2) is 0 Å². The van der Waals surface area contributed by atoms with Crippen molar-refractivity contribution in [2.24, 2.45) is 0 Å². The fourth-order valence-corrected chi connectivity index (χ4v) is 2.44. The highest BCUT2D eigenvalue weighted by molar-refractivity contribution is 5.27. The number of fused-ring (bicyclic) bond motifs is 1. The predicted octanol–water partition coefficient (Wildman–Crippen LogP) is 1.13. The van der Waals surface area contributed by atoms with Gasteiger partial charge in [-0.05, 0) is 38.3 Å². The highest BCUT2D eigenvalue weighted by Gasteiger charge is 2.17. The Morgan fingerprint density at radius 2 is 2.18 bits per heavy atom. The topological polar surface area (TPSA) is 47.0 Å². The van der Waals surface area contributed by atoms with Crippen molar-refractivity contribution in [3.8, 4) is 0 Å². The minimum Gasteiger partial charge on any atom is -0.383 e. The first-order chi connectivity index (χ1) is 8.35. The minimum atomic E-state index is 0.334. The van der Waals surface area contributed by atoms with Gasteiger partial charge in [-0.25, -0.2) is 9.97 Å². The molecule has 2 rings (SSSR count). The van der Waals surface area contributed by atoms with Gasteiger partial charge in [0.1, 0.15) is 6.33 Å². The van der Waals surface area contributed by atoms with E-state index in [0.717, 1.165) is 25.9 Å². The van der Waals surface area contributed by atoms with Gasteiger partial charge in [-0.3, -0.25) is 0 Å². The van der Waals surface area contributed by atoms with Crippen molar-refractivity contribution in [1.82, 2.24) is 15.3 Å². The Balaban J connectivity index is 2.14. The average Bonchev–Trinajstić information content (AvgIpc) is 2.38. The van der Waals surface area contributed by atoms with Crippen LogP contribution in [0.1, 0.15) is 29.8 Å². The minimum absolute atomic E-state index is 0.334. The number of aryl methyl sites for hydroxylation is 1. The van der Waals surface area contributed by atoms with Gasteiger partial charge in [-0.15, -0.1) is 0 Å². The Hall–Kier alpha value is -1.00. The second kappa shape index (κ2) is 6.07. The number of nitrogens with one attached hydrogen (secondary N) is 1. The van der Waals surface area contributed by atoms with E-state index in [1.807, 2.05) is 7.05 Å².